The second-order valence-electron chi connectivity index (χ2n) is 3.62. The molecule has 0 fully saturated rings. The molecule has 0 amide bonds. The fourth-order valence-electron chi connectivity index (χ4n) is 1.16. The van der Waals surface area contributed by atoms with Gasteiger partial charge in [-0.25, -0.2) is 0 Å². The molecule has 1 unspecified atom stereocenters. The standard InChI is InChI=1S/C10H24N2O/c1-4-13-9-8-12(3)7-5-6-10(2)11/h10H,4-9,11H2,1-3H3. The summed E-state index contributed by atoms with van der Waals surface area (Å²) < 4.78 is 5.27. The van der Waals surface area contributed by atoms with Crippen molar-refractivity contribution < 1.29 is 4.74 Å². The molecule has 2 N–H and O–H groups in total. The van der Waals surface area contributed by atoms with Crippen molar-refractivity contribution in [2.75, 3.05) is 33.4 Å². The van der Waals surface area contributed by atoms with Gasteiger partial charge >= 0.3 is 0 Å². The minimum Gasteiger partial charge on any atom is -0.380 e. The van der Waals surface area contributed by atoms with Gasteiger partial charge in [0.2, 0.25) is 0 Å². The lowest BCUT2D eigenvalue weighted by Crippen LogP contribution is -2.26. The zero-order valence-electron chi connectivity index (χ0n) is 9.25. The van der Waals surface area contributed by atoms with Crippen LogP contribution >= 0.6 is 0 Å². The van der Waals surface area contributed by atoms with Crippen LogP contribution in [-0.4, -0.2) is 44.3 Å². The minimum absolute atomic E-state index is 0.334. The summed E-state index contributed by atoms with van der Waals surface area (Å²) in [5.74, 6) is 0. The molecule has 0 aliphatic rings. The van der Waals surface area contributed by atoms with Crippen LogP contribution in [0.25, 0.3) is 0 Å². The minimum atomic E-state index is 0.334. The number of likely N-dealkylation sites (N-methyl/N-ethyl adjacent to an activating group) is 1. The van der Waals surface area contributed by atoms with Crippen molar-refractivity contribution >= 4 is 0 Å². The summed E-state index contributed by atoms with van der Waals surface area (Å²) in [4.78, 5) is 2.29. The van der Waals surface area contributed by atoms with Crippen LogP contribution in [0.1, 0.15) is 26.7 Å². The van der Waals surface area contributed by atoms with Crippen molar-refractivity contribution in [3.05, 3.63) is 0 Å². The van der Waals surface area contributed by atoms with Crippen molar-refractivity contribution in [3.8, 4) is 0 Å². The molecule has 0 rings (SSSR count). The molecular weight excluding hydrogens is 164 g/mol. The third kappa shape index (κ3) is 9.80. The molecule has 0 bridgehead atoms. The van der Waals surface area contributed by atoms with Crippen molar-refractivity contribution in [1.82, 2.24) is 4.90 Å². The van der Waals surface area contributed by atoms with E-state index in [9.17, 15) is 0 Å². The Kier molecular flexibility index (Phi) is 8.40. The smallest absolute Gasteiger partial charge is 0.0593 e. The average molecular weight is 188 g/mol. The molecule has 0 saturated heterocycles. The number of ether oxygens (including phenoxy) is 1. The molecule has 0 saturated carbocycles. The van der Waals surface area contributed by atoms with Gasteiger partial charge in [-0.1, -0.05) is 0 Å². The molecule has 3 heteroatoms. The summed E-state index contributed by atoms with van der Waals surface area (Å²) in [5, 5.41) is 0. The Hall–Kier alpha value is -0.120. The molecule has 0 aromatic carbocycles. The van der Waals surface area contributed by atoms with E-state index >= 15 is 0 Å². The third-order valence-corrected chi connectivity index (χ3v) is 2.02. The van der Waals surface area contributed by atoms with Crippen molar-refractivity contribution in [3.63, 3.8) is 0 Å². The van der Waals surface area contributed by atoms with E-state index in [1.54, 1.807) is 0 Å². The summed E-state index contributed by atoms with van der Waals surface area (Å²) in [5.41, 5.74) is 5.66. The molecule has 0 heterocycles. The van der Waals surface area contributed by atoms with Gasteiger partial charge in [0.1, 0.15) is 0 Å². The second kappa shape index (κ2) is 8.48. The predicted octanol–water partition coefficient (Wildman–Crippen LogP) is 1.08. The number of nitrogens with two attached hydrogens (primary N) is 1. The van der Waals surface area contributed by atoms with Crippen LogP contribution in [0, 0.1) is 0 Å². The van der Waals surface area contributed by atoms with Gasteiger partial charge in [-0.05, 0) is 40.3 Å². The highest BCUT2D eigenvalue weighted by Gasteiger charge is 1.99. The van der Waals surface area contributed by atoms with Crippen LogP contribution in [0.3, 0.4) is 0 Å². The predicted molar refractivity (Wildman–Crippen MR) is 56.9 cm³/mol. The fraction of sp³-hybridized carbons (Fsp3) is 1.00. The number of nitrogens with zero attached hydrogens (tertiary/aromatic N) is 1. The molecule has 0 aliphatic carbocycles. The van der Waals surface area contributed by atoms with Crippen molar-refractivity contribution in [2.24, 2.45) is 5.73 Å². The molecule has 0 radical (unpaired) electrons. The molecule has 0 aromatic heterocycles. The number of hydrogen-bond acceptors (Lipinski definition) is 3. The third-order valence-electron chi connectivity index (χ3n) is 2.02. The Bertz CT molecular complexity index is 107. The maximum atomic E-state index is 5.66. The van der Waals surface area contributed by atoms with Gasteiger partial charge in [0.15, 0.2) is 0 Å². The summed E-state index contributed by atoms with van der Waals surface area (Å²) >= 11 is 0. The Balaban J connectivity index is 3.15. The van der Waals surface area contributed by atoms with Gasteiger partial charge in [-0.3, -0.25) is 0 Å². The number of hydrogen-bond donors (Lipinski definition) is 1. The maximum absolute atomic E-state index is 5.66. The van der Waals surface area contributed by atoms with Gasteiger partial charge in [-0.2, -0.15) is 0 Å². The maximum Gasteiger partial charge on any atom is 0.0593 e. The monoisotopic (exact) mass is 188 g/mol. The normalized spacial score (nSPS) is 13.6. The van der Waals surface area contributed by atoms with Gasteiger partial charge in [0.05, 0.1) is 6.61 Å². The lowest BCUT2D eigenvalue weighted by molar-refractivity contribution is 0.121. The average Bonchev–Trinajstić information content (AvgIpc) is 2.04. The van der Waals surface area contributed by atoms with Gasteiger partial charge < -0.3 is 15.4 Å². The van der Waals surface area contributed by atoms with Crippen molar-refractivity contribution in [2.45, 2.75) is 32.7 Å². The van der Waals surface area contributed by atoms with Crippen LogP contribution in [0.5, 0.6) is 0 Å². The van der Waals surface area contributed by atoms with Crippen LogP contribution in [0.4, 0.5) is 0 Å². The summed E-state index contributed by atoms with van der Waals surface area (Å²) in [6, 6.07) is 0.334. The first-order valence-corrected chi connectivity index (χ1v) is 5.18. The van der Waals surface area contributed by atoms with E-state index in [0.29, 0.717) is 6.04 Å². The first kappa shape index (κ1) is 12.9. The van der Waals surface area contributed by atoms with Gasteiger partial charge in [0.25, 0.3) is 0 Å². The van der Waals surface area contributed by atoms with E-state index in [1.807, 2.05) is 6.92 Å². The van der Waals surface area contributed by atoms with Crippen LogP contribution in [0.2, 0.25) is 0 Å². The molecule has 0 aliphatic heterocycles. The van der Waals surface area contributed by atoms with Gasteiger partial charge in [0, 0.05) is 19.2 Å². The quantitative estimate of drug-likeness (QED) is 0.579. The SMILES string of the molecule is CCOCCN(C)CCCC(C)N. The van der Waals surface area contributed by atoms with E-state index < -0.39 is 0 Å². The highest BCUT2D eigenvalue weighted by molar-refractivity contribution is 4.56. The second-order valence-corrected chi connectivity index (χ2v) is 3.62. The largest absolute Gasteiger partial charge is 0.380 e. The van der Waals surface area contributed by atoms with E-state index in [4.69, 9.17) is 10.5 Å². The molecule has 0 aromatic rings. The van der Waals surface area contributed by atoms with E-state index in [1.165, 1.54) is 6.42 Å². The topological polar surface area (TPSA) is 38.5 Å². The van der Waals surface area contributed by atoms with Crippen LogP contribution in [-0.2, 0) is 4.74 Å². The number of rotatable bonds is 8. The first-order chi connectivity index (χ1) is 6.16. The zero-order valence-corrected chi connectivity index (χ0v) is 9.25. The lowest BCUT2D eigenvalue weighted by atomic mass is 10.2. The molecule has 3 nitrogen and oxygen atoms in total. The molecule has 80 valence electrons. The Labute approximate surface area is 82.2 Å². The fourth-order valence-corrected chi connectivity index (χ4v) is 1.16. The van der Waals surface area contributed by atoms with Crippen LogP contribution < -0.4 is 5.73 Å². The Morgan fingerprint density at radius 2 is 2.08 bits per heavy atom. The van der Waals surface area contributed by atoms with E-state index in [0.717, 1.165) is 32.7 Å². The summed E-state index contributed by atoms with van der Waals surface area (Å²) in [6.07, 6.45) is 2.29. The first-order valence-electron chi connectivity index (χ1n) is 5.18. The van der Waals surface area contributed by atoms with Crippen molar-refractivity contribution in [1.29, 1.82) is 0 Å². The zero-order chi connectivity index (χ0) is 10.1. The summed E-state index contributed by atoms with van der Waals surface area (Å²) in [7, 11) is 2.13. The Morgan fingerprint density at radius 1 is 1.38 bits per heavy atom. The Morgan fingerprint density at radius 3 is 2.62 bits per heavy atom. The molecule has 13 heavy (non-hydrogen) atoms. The van der Waals surface area contributed by atoms with Crippen LogP contribution in [0.15, 0.2) is 0 Å². The van der Waals surface area contributed by atoms with E-state index in [2.05, 4.69) is 18.9 Å². The molecule has 0 spiro atoms. The molecule has 1 atom stereocenters. The highest BCUT2D eigenvalue weighted by Crippen LogP contribution is 1.95. The van der Waals surface area contributed by atoms with E-state index in [-0.39, 0.29) is 0 Å². The molecular formula is C10H24N2O. The van der Waals surface area contributed by atoms with Gasteiger partial charge in [-0.15, -0.1) is 0 Å². The lowest BCUT2D eigenvalue weighted by Gasteiger charge is -2.16. The summed E-state index contributed by atoms with van der Waals surface area (Å²) in [6.45, 7) is 7.87. The highest BCUT2D eigenvalue weighted by atomic mass is 16.5.